The number of carbonyl (C=O) groups excluding carboxylic acids is 2. The summed E-state index contributed by atoms with van der Waals surface area (Å²) in [7, 11) is 1.92. The average Bonchev–Trinajstić information content (AvgIpc) is 3.82. The van der Waals surface area contributed by atoms with Gasteiger partial charge in [0.2, 0.25) is 0 Å². The van der Waals surface area contributed by atoms with Crippen molar-refractivity contribution in [2.75, 3.05) is 24.3 Å². The third-order valence-corrected chi connectivity index (χ3v) is 9.16. The first-order valence-corrected chi connectivity index (χ1v) is 15.5. The van der Waals surface area contributed by atoms with Crippen molar-refractivity contribution >= 4 is 46.3 Å². The van der Waals surface area contributed by atoms with Crippen LogP contribution >= 0.6 is 11.8 Å². The van der Waals surface area contributed by atoms with E-state index in [1.807, 2.05) is 82.0 Å². The summed E-state index contributed by atoms with van der Waals surface area (Å²) in [6.45, 7) is 6.88. The van der Waals surface area contributed by atoms with Crippen LogP contribution in [0.1, 0.15) is 59.5 Å². The summed E-state index contributed by atoms with van der Waals surface area (Å²) in [6, 6.07) is 16.8. The zero-order valence-electron chi connectivity index (χ0n) is 25.0. The summed E-state index contributed by atoms with van der Waals surface area (Å²) in [5, 5.41) is 11.5. The summed E-state index contributed by atoms with van der Waals surface area (Å²) in [4.78, 5) is 41.0. The Morgan fingerprint density at radius 1 is 1.05 bits per heavy atom. The molecule has 0 radical (unpaired) electrons. The smallest absolute Gasteiger partial charge is 0.411 e. The Morgan fingerprint density at radius 3 is 2.56 bits per heavy atom. The van der Waals surface area contributed by atoms with Crippen LogP contribution in [0, 0.1) is 13.8 Å². The van der Waals surface area contributed by atoms with E-state index in [-0.39, 0.29) is 18.1 Å². The van der Waals surface area contributed by atoms with Gasteiger partial charge in [-0.25, -0.2) is 4.79 Å². The van der Waals surface area contributed by atoms with Crippen LogP contribution in [0.3, 0.4) is 0 Å². The van der Waals surface area contributed by atoms with E-state index in [9.17, 15) is 14.4 Å². The fourth-order valence-electron chi connectivity index (χ4n) is 5.23. The molecule has 224 valence electrons. The van der Waals surface area contributed by atoms with Gasteiger partial charge in [-0.15, -0.1) is 11.8 Å². The van der Waals surface area contributed by atoms with E-state index < -0.39 is 12.1 Å². The number of aryl methyl sites for hydroxylation is 2. The monoisotopic (exact) mass is 598 g/mol. The second-order valence-electron chi connectivity index (χ2n) is 11.2. The lowest BCUT2D eigenvalue weighted by molar-refractivity contribution is -0.108. The maximum Gasteiger partial charge on any atom is 0.411 e. The lowest BCUT2D eigenvalue weighted by Crippen LogP contribution is -2.18. The number of benzene rings is 3. The third kappa shape index (κ3) is 7.47. The SMILES string of the molecule is CNCc1cc(NC(=O)OC[C@H](C)c2ccc(C(C=O)Nc3ccc4c(C)c[nH]c(=O)c4c3)cc2C)ccc1SC1CC1. The van der Waals surface area contributed by atoms with Crippen LogP contribution in [-0.2, 0) is 16.1 Å². The molecule has 4 N–H and O–H groups in total. The molecule has 0 bridgehead atoms. The molecule has 1 aromatic heterocycles. The van der Waals surface area contributed by atoms with Crippen molar-refractivity contribution in [2.24, 2.45) is 0 Å². The fourth-order valence-corrected chi connectivity index (χ4v) is 6.39. The highest BCUT2D eigenvalue weighted by molar-refractivity contribution is 8.00. The van der Waals surface area contributed by atoms with Crippen LogP contribution in [0.5, 0.6) is 0 Å². The Labute approximate surface area is 256 Å². The van der Waals surface area contributed by atoms with E-state index in [0.29, 0.717) is 22.0 Å². The Bertz CT molecular complexity index is 1700. The minimum Gasteiger partial charge on any atom is -0.449 e. The molecular weight excluding hydrogens is 560 g/mol. The number of nitrogens with one attached hydrogen (secondary N) is 4. The van der Waals surface area contributed by atoms with E-state index >= 15 is 0 Å². The Balaban J connectivity index is 1.20. The Kier molecular flexibility index (Phi) is 9.52. The largest absolute Gasteiger partial charge is 0.449 e. The van der Waals surface area contributed by atoms with Gasteiger partial charge in [-0.3, -0.25) is 10.1 Å². The van der Waals surface area contributed by atoms with Crippen LogP contribution in [0.2, 0.25) is 0 Å². The van der Waals surface area contributed by atoms with Gasteiger partial charge in [0.15, 0.2) is 0 Å². The molecule has 0 aliphatic heterocycles. The van der Waals surface area contributed by atoms with Crippen LogP contribution < -0.4 is 21.5 Å². The van der Waals surface area contributed by atoms with E-state index in [0.717, 1.165) is 46.0 Å². The van der Waals surface area contributed by atoms with Crippen molar-refractivity contribution in [2.45, 2.75) is 62.3 Å². The summed E-state index contributed by atoms with van der Waals surface area (Å²) < 4.78 is 5.59. The normalized spacial score (nSPS) is 14.2. The van der Waals surface area contributed by atoms with Gasteiger partial charge in [0, 0.05) is 45.6 Å². The molecule has 0 spiro atoms. The highest BCUT2D eigenvalue weighted by Gasteiger charge is 2.24. The van der Waals surface area contributed by atoms with Crippen molar-refractivity contribution < 1.29 is 14.3 Å². The lowest BCUT2D eigenvalue weighted by Gasteiger charge is -2.19. The molecule has 4 aromatic rings. The number of hydrogen-bond acceptors (Lipinski definition) is 7. The van der Waals surface area contributed by atoms with E-state index in [1.54, 1.807) is 12.3 Å². The fraction of sp³-hybridized carbons (Fsp3) is 0.324. The highest BCUT2D eigenvalue weighted by Crippen LogP contribution is 2.41. The molecule has 1 fully saturated rings. The number of amides is 1. The zero-order chi connectivity index (χ0) is 30.5. The zero-order valence-corrected chi connectivity index (χ0v) is 25.8. The Morgan fingerprint density at radius 2 is 1.84 bits per heavy atom. The minimum absolute atomic E-state index is 0.0462. The molecule has 1 aliphatic rings. The van der Waals surface area contributed by atoms with Gasteiger partial charge in [0.1, 0.15) is 12.3 Å². The van der Waals surface area contributed by atoms with Gasteiger partial charge >= 0.3 is 6.09 Å². The van der Waals surface area contributed by atoms with Crippen molar-refractivity contribution in [1.82, 2.24) is 10.3 Å². The molecule has 5 rings (SSSR count). The number of thioether (sulfide) groups is 1. The summed E-state index contributed by atoms with van der Waals surface area (Å²) in [5.41, 5.74) is 6.20. The second-order valence-corrected chi connectivity index (χ2v) is 12.6. The third-order valence-electron chi connectivity index (χ3n) is 7.71. The molecule has 9 heteroatoms. The number of aldehydes is 1. The van der Waals surface area contributed by atoms with Crippen molar-refractivity contribution in [1.29, 1.82) is 0 Å². The van der Waals surface area contributed by atoms with Gasteiger partial charge in [-0.1, -0.05) is 31.2 Å². The molecule has 0 saturated heterocycles. The molecule has 43 heavy (non-hydrogen) atoms. The average molecular weight is 599 g/mol. The van der Waals surface area contributed by atoms with Gasteiger partial charge in [-0.2, -0.15) is 0 Å². The Hall–Kier alpha value is -4.08. The number of H-pyrrole nitrogens is 1. The quantitative estimate of drug-likeness (QED) is 0.132. The predicted molar refractivity (Wildman–Crippen MR) is 174 cm³/mol. The van der Waals surface area contributed by atoms with Crippen molar-refractivity contribution in [3.05, 3.63) is 99.0 Å². The number of fused-ring (bicyclic) bond motifs is 1. The topological polar surface area (TPSA) is 112 Å². The molecule has 1 unspecified atom stereocenters. The van der Waals surface area contributed by atoms with Crippen LogP contribution in [-0.4, -0.2) is 36.3 Å². The summed E-state index contributed by atoms with van der Waals surface area (Å²) in [6.07, 6.45) is 4.59. The number of aromatic nitrogens is 1. The molecule has 1 amide bonds. The molecule has 3 aromatic carbocycles. The number of rotatable bonds is 12. The molecular formula is C34H38N4O4S. The number of anilines is 2. The molecule has 1 saturated carbocycles. The summed E-state index contributed by atoms with van der Waals surface area (Å²) >= 11 is 1.90. The van der Waals surface area contributed by atoms with Crippen LogP contribution in [0.4, 0.5) is 16.2 Å². The van der Waals surface area contributed by atoms with Crippen LogP contribution in [0.25, 0.3) is 10.8 Å². The van der Waals surface area contributed by atoms with E-state index in [1.165, 1.54) is 17.7 Å². The minimum atomic E-state index is -0.590. The first-order chi connectivity index (χ1) is 20.7. The molecule has 8 nitrogen and oxygen atoms in total. The van der Waals surface area contributed by atoms with Crippen molar-refractivity contribution in [3.63, 3.8) is 0 Å². The first kappa shape index (κ1) is 30.4. The first-order valence-electron chi connectivity index (χ1n) is 14.6. The van der Waals surface area contributed by atoms with Gasteiger partial charge in [0.25, 0.3) is 5.56 Å². The molecule has 1 heterocycles. The number of pyridine rings is 1. The second kappa shape index (κ2) is 13.5. The maximum absolute atomic E-state index is 12.6. The molecule has 2 atom stereocenters. The van der Waals surface area contributed by atoms with Crippen molar-refractivity contribution in [3.8, 4) is 0 Å². The van der Waals surface area contributed by atoms with Gasteiger partial charge in [0.05, 0.1) is 6.61 Å². The predicted octanol–water partition coefficient (Wildman–Crippen LogP) is 6.82. The standard InChI is InChI=1S/C34H38N4O4S/c1-20-13-23(31(18-39)37-26-6-11-29-21(2)16-36-33(40)30(29)15-26)5-10-28(20)22(3)19-42-34(41)38-25-7-12-32(43-27-8-9-27)24(14-25)17-35-4/h5-7,10-16,18,22,27,31,35,37H,8-9,17,19H2,1-4H3,(H,36,40)(H,38,41)/t22-,31?/m0/s1. The molecule has 1 aliphatic carbocycles. The summed E-state index contributed by atoms with van der Waals surface area (Å²) in [5.74, 6) is -0.0462. The van der Waals surface area contributed by atoms with Gasteiger partial charge in [-0.05, 0) is 97.3 Å². The van der Waals surface area contributed by atoms with E-state index in [4.69, 9.17) is 4.74 Å². The highest BCUT2D eigenvalue weighted by atomic mass is 32.2. The maximum atomic E-state index is 12.6. The number of ether oxygens (including phenoxy) is 1. The van der Waals surface area contributed by atoms with E-state index in [2.05, 4.69) is 27.0 Å². The number of hydrogen-bond donors (Lipinski definition) is 4. The number of carbonyl (C=O) groups is 2. The van der Waals surface area contributed by atoms with Gasteiger partial charge < -0.3 is 25.1 Å². The van der Waals surface area contributed by atoms with Crippen LogP contribution in [0.15, 0.2) is 70.5 Å². The number of aromatic amines is 1. The lowest BCUT2D eigenvalue weighted by atomic mass is 9.93.